The molecule has 6 rings (SSSR count). The van der Waals surface area contributed by atoms with Gasteiger partial charge < -0.3 is 14.5 Å². The standard InChI is InChI=1S/C30H23N3O2/c1-2-8-21(9-3-1)19-34-25-16-24(29-32-28-14-7-15-31-30(28)33-29)17-26(18-25)35-20-23-12-6-11-22-10-4-5-13-27(22)23/h1-18H,19-20H2,(H,31,32,33). The Hall–Kier alpha value is -4.64. The second-order valence-electron chi connectivity index (χ2n) is 8.35. The molecule has 0 atom stereocenters. The predicted molar refractivity (Wildman–Crippen MR) is 138 cm³/mol. The first kappa shape index (κ1) is 20.9. The Balaban J connectivity index is 1.32. The van der Waals surface area contributed by atoms with Crippen LogP contribution in [0.5, 0.6) is 11.5 Å². The largest absolute Gasteiger partial charge is 0.489 e. The number of H-pyrrole nitrogens is 1. The summed E-state index contributed by atoms with van der Waals surface area (Å²) < 4.78 is 12.4. The van der Waals surface area contributed by atoms with Crippen molar-refractivity contribution in [1.29, 1.82) is 0 Å². The number of ether oxygens (including phenoxy) is 2. The summed E-state index contributed by atoms with van der Waals surface area (Å²) in [6.07, 6.45) is 1.74. The molecule has 0 amide bonds. The van der Waals surface area contributed by atoms with Gasteiger partial charge in [-0.1, -0.05) is 72.8 Å². The van der Waals surface area contributed by atoms with Crippen LogP contribution in [0.15, 0.2) is 109 Å². The van der Waals surface area contributed by atoms with Gasteiger partial charge in [-0.05, 0) is 46.2 Å². The molecule has 0 aliphatic heterocycles. The molecule has 5 nitrogen and oxygen atoms in total. The fraction of sp³-hybridized carbons (Fsp3) is 0.0667. The molecule has 0 radical (unpaired) electrons. The fourth-order valence-electron chi connectivity index (χ4n) is 4.18. The lowest BCUT2D eigenvalue weighted by atomic mass is 10.1. The Bertz CT molecular complexity index is 1570. The topological polar surface area (TPSA) is 60.0 Å². The summed E-state index contributed by atoms with van der Waals surface area (Å²) in [5.74, 6) is 2.15. The van der Waals surface area contributed by atoms with Crippen LogP contribution in [0, 0.1) is 0 Å². The molecule has 0 spiro atoms. The van der Waals surface area contributed by atoms with E-state index in [2.05, 4.69) is 57.4 Å². The third-order valence-electron chi connectivity index (χ3n) is 5.93. The Morgan fingerprint density at radius 3 is 2.31 bits per heavy atom. The van der Waals surface area contributed by atoms with Crippen molar-refractivity contribution in [1.82, 2.24) is 15.0 Å². The number of benzene rings is 4. The third-order valence-corrected chi connectivity index (χ3v) is 5.93. The zero-order chi connectivity index (χ0) is 23.5. The van der Waals surface area contributed by atoms with Crippen molar-refractivity contribution in [3.05, 3.63) is 120 Å². The van der Waals surface area contributed by atoms with E-state index in [1.54, 1.807) is 6.20 Å². The maximum Gasteiger partial charge on any atom is 0.178 e. The molecule has 0 bridgehead atoms. The van der Waals surface area contributed by atoms with Crippen LogP contribution >= 0.6 is 0 Å². The normalized spacial score (nSPS) is 11.1. The molecular formula is C30H23N3O2. The first-order valence-corrected chi connectivity index (χ1v) is 11.5. The molecular weight excluding hydrogens is 434 g/mol. The monoisotopic (exact) mass is 457 g/mol. The summed E-state index contributed by atoms with van der Waals surface area (Å²) in [6.45, 7) is 0.916. The number of pyridine rings is 1. The zero-order valence-electron chi connectivity index (χ0n) is 19.0. The average molecular weight is 458 g/mol. The van der Waals surface area contributed by atoms with Gasteiger partial charge in [0.15, 0.2) is 5.65 Å². The first-order valence-electron chi connectivity index (χ1n) is 11.5. The maximum atomic E-state index is 6.29. The lowest BCUT2D eigenvalue weighted by molar-refractivity contribution is 0.291. The minimum atomic E-state index is 0.449. The number of fused-ring (bicyclic) bond motifs is 2. The number of hydrogen-bond acceptors (Lipinski definition) is 4. The average Bonchev–Trinajstić information content (AvgIpc) is 3.36. The van der Waals surface area contributed by atoms with Crippen LogP contribution in [0.4, 0.5) is 0 Å². The fourth-order valence-corrected chi connectivity index (χ4v) is 4.18. The summed E-state index contributed by atoms with van der Waals surface area (Å²) in [4.78, 5) is 12.4. The molecule has 0 saturated heterocycles. The molecule has 1 N–H and O–H groups in total. The highest BCUT2D eigenvalue weighted by atomic mass is 16.5. The number of aromatic amines is 1. The van der Waals surface area contributed by atoms with E-state index in [0.717, 1.165) is 28.0 Å². The van der Waals surface area contributed by atoms with Gasteiger partial charge in [0.2, 0.25) is 0 Å². The van der Waals surface area contributed by atoms with Gasteiger partial charge in [0.05, 0.1) is 5.52 Å². The van der Waals surface area contributed by atoms with Crippen LogP contribution < -0.4 is 9.47 Å². The highest BCUT2D eigenvalue weighted by Crippen LogP contribution is 2.31. The molecule has 170 valence electrons. The van der Waals surface area contributed by atoms with Crippen LogP contribution in [0.1, 0.15) is 11.1 Å². The van der Waals surface area contributed by atoms with Gasteiger partial charge in [-0.2, -0.15) is 0 Å². The van der Waals surface area contributed by atoms with Gasteiger partial charge in [0.1, 0.15) is 30.5 Å². The third kappa shape index (κ3) is 4.57. The van der Waals surface area contributed by atoms with Gasteiger partial charge in [-0.25, -0.2) is 9.97 Å². The Labute approximate surface area is 203 Å². The van der Waals surface area contributed by atoms with Crippen molar-refractivity contribution >= 4 is 21.9 Å². The number of nitrogens with one attached hydrogen (secondary N) is 1. The van der Waals surface area contributed by atoms with Crippen molar-refractivity contribution in [2.45, 2.75) is 13.2 Å². The van der Waals surface area contributed by atoms with E-state index in [-0.39, 0.29) is 0 Å². The van der Waals surface area contributed by atoms with Crippen molar-refractivity contribution in [2.75, 3.05) is 0 Å². The molecule has 0 aliphatic carbocycles. The minimum absolute atomic E-state index is 0.449. The lowest BCUT2D eigenvalue weighted by Gasteiger charge is -2.13. The van der Waals surface area contributed by atoms with Gasteiger partial charge in [0.25, 0.3) is 0 Å². The maximum absolute atomic E-state index is 6.29. The van der Waals surface area contributed by atoms with Gasteiger partial charge in [0, 0.05) is 17.8 Å². The summed E-state index contributed by atoms with van der Waals surface area (Å²) >= 11 is 0. The van der Waals surface area contributed by atoms with E-state index in [1.807, 2.05) is 60.7 Å². The lowest BCUT2D eigenvalue weighted by Crippen LogP contribution is -1.99. The van der Waals surface area contributed by atoms with Crippen LogP contribution in [-0.4, -0.2) is 15.0 Å². The predicted octanol–water partition coefficient (Wildman–Crippen LogP) is 6.94. The SMILES string of the molecule is c1ccc(COc2cc(OCc3cccc4ccccc34)cc(-c3nc4ncccc4[nH]3)c2)cc1. The quantitative estimate of drug-likeness (QED) is 0.282. The van der Waals surface area contributed by atoms with Crippen LogP contribution in [0.3, 0.4) is 0 Å². The van der Waals surface area contributed by atoms with E-state index in [1.165, 1.54) is 10.8 Å². The van der Waals surface area contributed by atoms with E-state index < -0.39 is 0 Å². The molecule has 6 aromatic rings. The number of imidazole rings is 1. The van der Waals surface area contributed by atoms with Gasteiger partial charge in [-0.15, -0.1) is 0 Å². The molecule has 5 heteroatoms. The van der Waals surface area contributed by atoms with Crippen LogP contribution in [0.2, 0.25) is 0 Å². The second kappa shape index (κ2) is 9.31. The molecule has 0 aliphatic rings. The van der Waals surface area contributed by atoms with Crippen molar-refractivity contribution < 1.29 is 9.47 Å². The molecule has 0 unspecified atom stereocenters. The van der Waals surface area contributed by atoms with E-state index in [9.17, 15) is 0 Å². The second-order valence-corrected chi connectivity index (χ2v) is 8.35. The number of nitrogens with zero attached hydrogens (tertiary/aromatic N) is 2. The molecule has 2 heterocycles. The zero-order valence-corrected chi connectivity index (χ0v) is 19.0. The van der Waals surface area contributed by atoms with Crippen LogP contribution in [0.25, 0.3) is 33.3 Å². The van der Waals surface area contributed by atoms with Crippen molar-refractivity contribution in [2.24, 2.45) is 0 Å². The smallest absolute Gasteiger partial charge is 0.178 e. The molecule has 0 saturated carbocycles. The highest BCUT2D eigenvalue weighted by molar-refractivity contribution is 5.85. The molecule has 4 aromatic carbocycles. The Morgan fingerprint density at radius 2 is 1.46 bits per heavy atom. The number of hydrogen-bond donors (Lipinski definition) is 1. The Kier molecular flexibility index (Phi) is 5.57. The molecule has 0 fully saturated rings. The first-order chi connectivity index (χ1) is 17.3. The summed E-state index contributed by atoms with van der Waals surface area (Å²) in [6, 6.07) is 34.5. The van der Waals surface area contributed by atoms with Gasteiger partial charge in [-0.3, -0.25) is 0 Å². The highest BCUT2D eigenvalue weighted by Gasteiger charge is 2.11. The molecule has 35 heavy (non-hydrogen) atoms. The van der Waals surface area contributed by atoms with Gasteiger partial charge >= 0.3 is 0 Å². The molecule has 2 aromatic heterocycles. The minimum Gasteiger partial charge on any atom is -0.489 e. The summed E-state index contributed by atoms with van der Waals surface area (Å²) in [5.41, 5.74) is 4.67. The van der Waals surface area contributed by atoms with Crippen molar-refractivity contribution in [3.8, 4) is 22.9 Å². The summed E-state index contributed by atoms with van der Waals surface area (Å²) in [7, 11) is 0. The van der Waals surface area contributed by atoms with E-state index >= 15 is 0 Å². The Morgan fingerprint density at radius 1 is 0.686 bits per heavy atom. The van der Waals surface area contributed by atoms with E-state index in [0.29, 0.717) is 30.4 Å². The van der Waals surface area contributed by atoms with E-state index in [4.69, 9.17) is 9.47 Å². The number of rotatable bonds is 7. The summed E-state index contributed by atoms with van der Waals surface area (Å²) in [5, 5.41) is 2.39. The van der Waals surface area contributed by atoms with Crippen LogP contribution in [-0.2, 0) is 13.2 Å². The number of aromatic nitrogens is 3. The van der Waals surface area contributed by atoms with Crippen molar-refractivity contribution in [3.63, 3.8) is 0 Å².